The first kappa shape index (κ1) is 7.82. The van der Waals surface area contributed by atoms with E-state index in [0.29, 0.717) is 0 Å². The normalized spacial score (nSPS) is 18.9. The Morgan fingerprint density at radius 1 is 1.60 bits per heavy atom. The van der Waals surface area contributed by atoms with Crippen molar-refractivity contribution in [3.8, 4) is 0 Å². The van der Waals surface area contributed by atoms with E-state index in [4.69, 9.17) is 9.16 Å². The zero-order chi connectivity index (χ0) is 7.40. The summed E-state index contributed by atoms with van der Waals surface area (Å²) in [5.41, 5.74) is 0. The van der Waals surface area contributed by atoms with Crippen LogP contribution in [0.1, 0.15) is 6.42 Å². The third kappa shape index (κ3) is 2.54. The molecule has 0 spiro atoms. The van der Waals surface area contributed by atoms with Gasteiger partial charge in [-0.15, -0.1) is 0 Å². The van der Waals surface area contributed by atoms with Crippen LogP contribution in [0.15, 0.2) is 11.8 Å². The molecule has 0 fully saturated rings. The van der Waals surface area contributed by atoms with Crippen LogP contribution < -0.4 is 0 Å². The highest BCUT2D eigenvalue weighted by atomic mass is 28.3. The third-order valence-corrected chi connectivity index (χ3v) is 2.08. The van der Waals surface area contributed by atoms with Gasteiger partial charge in [-0.25, -0.2) is 0 Å². The lowest BCUT2D eigenvalue weighted by Crippen LogP contribution is -2.13. The molecule has 0 N–H and O–H groups in total. The van der Waals surface area contributed by atoms with Gasteiger partial charge in [-0.2, -0.15) is 0 Å². The molecule has 3 heteroatoms. The van der Waals surface area contributed by atoms with Crippen molar-refractivity contribution in [1.29, 1.82) is 0 Å². The fourth-order valence-corrected chi connectivity index (χ4v) is 1.74. The molecule has 1 heterocycles. The Bertz CT molecular complexity index is 132. The largest absolute Gasteiger partial charge is 0.550 e. The molecular formula is C7H14O2Si. The molecule has 0 amide bonds. The van der Waals surface area contributed by atoms with Crippen molar-refractivity contribution < 1.29 is 9.16 Å². The Labute approximate surface area is 63.6 Å². The standard InChI is InChI=1S/C7H14O2Si/c1-10(2)9-7-3-5-8-6-4-7/h3,10H,4-6H2,1-2H3. The topological polar surface area (TPSA) is 18.5 Å². The van der Waals surface area contributed by atoms with Gasteiger partial charge in [0.2, 0.25) is 9.04 Å². The van der Waals surface area contributed by atoms with Crippen LogP contribution in [-0.2, 0) is 9.16 Å². The van der Waals surface area contributed by atoms with Gasteiger partial charge in [0.1, 0.15) is 0 Å². The lowest BCUT2D eigenvalue weighted by Gasteiger charge is -2.17. The Morgan fingerprint density at radius 3 is 2.90 bits per heavy atom. The van der Waals surface area contributed by atoms with E-state index >= 15 is 0 Å². The predicted octanol–water partition coefficient (Wildman–Crippen LogP) is 1.29. The molecule has 0 saturated heterocycles. The Hall–Kier alpha value is -0.283. The molecule has 0 radical (unpaired) electrons. The summed E-state index contributed by atoms with van der Waals surface area (Å²) in [5.74, 6) is 1.15. The molecule has 1 aliphatic heterocycles. The van der Waals surface area contributed by atoms with Gasteiger partial charge < -0.3 is 9.16 Å². The highest BCUT2D eigenvalue weighted by molar-refractivity contribution is 6.48. The summed E-state index contributed by atoms with van der Waals surface area (Å²) in [6.45, 7) is 5.91. The summed E-state index contributed by atoms with van der Waals surface area (Å²) in [6.07, 6.45) is 3.00. The Kier molecular flexibility index (Phi) is 2.96. The van der Waals surface area contributed by atoms with Gasteiger partial charge in [-0.1, -0.05) is 0 Å². The second-order valence-corrected chi connectivity index (χ2v) is 5.00. The molecule has 0 aromatic heterocycles. The summed E-state index contributed by atoms with van der Waals surface area (Å²) >= 11 is 0. The van der Waals surface area contributed by atoms with E-state index in [1.54, 1.807) is 0 Å². The van der Waals surface area contributed by atoms with E-state index < -0.39 is 9.04 Å². The van der Waals surface area contributed by atoms with E-state index in [2.05, 4.69) is 13.1 Å². The van der Waals surface area contributed by atoms with Crippen LogP contribution in [0.2, 0.25) is 13.1 Å². The van der Waals surface area contributed by atoms with Crippen molar-refractivity contribution in [3.05, 3.63) is 11.8 Å². The SMILES string of the molecule is C[SiH](C)OC1=CCOCC1. The van der Waals surface area contributed by atoms with Crippen molar-refractivity contribution in [2.45, 2.75) is 19.5 Å². The van der Waals surface area contributed by atoms with Crippen molar-refractivity contribution in [2.24, 2.45) is 0 Å². The molecule has 1 rings (SSSR count). The average Bonchev–Trinajstić information content (AvgIpc) is 1.88. The minimum Gasteiger partial charge on any atom is -0.550 e. The van der Waals surface area contributed by atoms with E-state index in [1.807, 2.05) is 6.08 Å². The second-order valence-electron chi connectivity index (χ2n) is 2.66. The second kappa shape index (κ2) is 3.78. The zero-order valence-corrected chi connectivity index (χ0v) is 7.75. The van der Waals surface area contributed by atoms with E-state index in [9.17, 15) is 0 Å². The van der Waals surface area contributed by atoms with Crippen LogP contribution in [-0.4, -0.2) is 22.3 Å². The molecule has 58 valence electrons. The number of hydrogen-bond donors (Lipinski definition) is 0. The van der Waals surface area contributed by atoms with E-state index in [1.165, 1.54) is 0 Å². The van der Waals surface area contributed by atoms with Gasteiger partial charge >= 0.3 is 0 Å². The lowest BCUT2D eigenvalue weighted by atomic mass is 10.3. The van der Waals surface area contributed by atoms with E-state index in [0.717, 1.165) is 25.4 Å². The fraction of sp³-hybridized carbons (Fsp3) is 0.714. The molecule has 0 unspecified atom stereocenters. The number of rotatable bonds is 2. The highest BCUT2D eigenvalue weighted by Crippen LogP contribution is 2.09. The van der Waals surface area contributed by atoms with E-state index in [-0.39, 0.29) is 0 Å². The molecule has 0 saturated carbocycles. The quantitative estimate of drug-likeness (QED) is 0.564. The van der Waals surface area contributed by atoms with Crippen molar-refractivity contribution in [1.82, 2.24) is 0 Å². The fourth-order valence-electron chi connectivity index (χ4n) is 0.920. The minimum absolute atomic E-state index is 0.733. The third-order valence-electron chi connectivity index (χ3n) is 1.31. The van der Waals surface area contributed by atoms with Gasteiger partial charge in [0.05, 0.1) is 19.0 Å². The summed E-state index contributed by atoms with van der Waals surface area (Å²) in [4.78, 5) is 0. The Morgan fingerprint density at radius 2 is 2.40 bits per heavy atom. The van der Waals surface area contributed by atoms with Crippen LogP contribution in [0.3, 0.4) is 0 Å². The average molecular weight is 158 g/mol. The predicted molar refractivity (Wildman–Crippen MR) is 43.5 cm³/mol. The molecule has 0 aliphatic carbocycles. The molecule has 0 atom stereocenters. The number of ether oxygens (including phenoxy) is 1. The highest BCUT2D eigenvalue weighted by Gasteiger charge is 2.05. The maximum atomic E-state index is 5.61. The van der Waals surface area contributed by atoms with Crippen LogP contribution in [0.4, 0.5) is 0 Å². The van der Waals surface area contributed by atoms with Crippen LogP contribution >= 0.6 is 0 Å². The van der Waals surface area contributed by atoms with Crippen molar-refractivity contribution in [3.63, 3.8) is 0 Å². The smallest absolute Gasteiger partial charge is 0.229 e. The number of hydrogen-bond acceptors (Lipinski definition) is 2. The molecule has 0 aromatic rings. The van der Waals surface area contributed by atoms with Crippen molar-refractivity contribution in [2.75, 3.05) is 13.2 Å². The van der Waals surface area contributed by atoms with Crippen LogP contribution in [0.25, 0.3) is 0 Å². The van der Waals surface area contributed by atoms with Gasteiger partial charge in [0.15, 0.2) is 0 Å². The molecular weight excluding hydrogens is 144 g/mol. The zero-order valence-electron chi connectivity index (χ0n) is 6.59. The van der Waals surface area contributed by atoms with Crippen LogP contribution in [0.5, 0.6) is 0 Å². The van der Waals surface area contributed by atoms with Gasteiger partial charge in [-0.05, 0) is 19.2 Å². The van der Waals surface area contributed by atoms with Gasteiger partial charge in [0.25, 0.3) is 0 Å². The molecule has 0 aromatic carbocycles. The Balaban J connectivity index is 2.31. The summed E-state index contributed by atoms with van der Waals surface area (Å²) in [5, 5.41) is 0. The first-order valence-corrected chi connectivity index (χ1v) is 6.50. The summed E-state index contributed by atoms with van der Waals surface area (Å²) < 4.78 is 10.8. The molecule has 10 heavy (non-hydrogen) atoms. The summed E-state index contributed by atoms with van der Waals surface area (Å²) in [6, 6.07) is 0. The maximum Gasteiger partial charge on any atom is 0.229 e. The van der Waals surface area contributed by atoms with Gasteiger partial charge in [-0.3, -0.25) is 0 Å². The first-order chi connectivity index (χ1) is 4.79. The maximum absolute atomic E-state index is 5.61. The molecule has 0 bridgehead atoms. The monoisotopic (exact) mass is 158 g/mol. The first-order valence-electron chi connectivity index (χ1n) is 3.72. The minimum atomic E-state index is -0.868. The summed E-state index contributed by atoms with van der Waals surface area (Å²) in [7, 11) is -0.868. The lowest BCUT2D eigenvalue weighted by molar-refractivity contribution is 0.139. The van der Waals surface area contributed by atoms with Crippen molar-refractivity contribution >= 4 is 9.04 Å². The molecule has 2 nitrogen and oxygen atoms in total. The van der Waals surface area contributed by atoms with Crippen LogP contribution in [0, 0.1) is 0 Å². The molecule has 1 aliphatic rings. The van der Waals surface area contributed by atoms with Gasteiger partial charge in [0, 0.05) is 6.42 Å².